The molecule has 29 heavy (non-hydrogen) atoms. The highest BCUT2D eigenvalue weighted by Crippen LogP contribution is 2.45. The van der Waals surface area contributed by atoms with Crippen molar-refractivity contribution < 1.29 is 13.3 Å². The molecule has 8 heteroatoms. The highest BCUT2D eigenvalue weighted by Gasteiger charge is 2.52. The standard InChI is InChI=1S/C21H31N3O4S/c1-2-3-10-18-17-9-7-14-22-13-6-8-16(21(17)22)15-23(18)29(27,28)20-12-5-4-11-19(20)24(25)26/h4-5,11-12,16-18,21H,2-3,6-10,13-15H2,1H3/t16-,17+,18+,21-/m0/s1. The van der Waals surface area contributed by atoms with Crippen molar-refractivity contribution in [3.8, 4) is 0 Å². The van der Waals surface area contributed by atoms with E-state index in [1.165, 1.54) is 18.2 Å². The van der Waals surface area contributed by atoms with Gasteiger partial charge < -0.3 is 0 Å². The quantitative estimate of drug-likeness (QED) is 0.517. The maximum Gasteiger partial charge on any atom is 0.289 e. The molecule has 0 N–H and O–H groups in total. The number of nitrogens with zero attached hydrogens (tertiary/aromatic N) is 3. The summed E-state index contributed by atoms with van der Waals surface area (Å²) in [4.78, 5) is 13.4. The molecule has 160 valence electrons. The van der Waals surface area contributed by atoms with Crippen LogP contribution in [0.25, 0.3) is 0 Å². The summed E-state index contributed by atoms with van der Waals surface area (Å²) in [6.07, 6.45) is 7.12. The van der Waals surface area contributed by atoms with Gasteiger partial charge in [0.2, 0.25) is 10.0 Å². The summed E-state index contributed by atoms with van der Waals surface area (Å²) in [6.45, 7) is 4.85. The predicted molar refractivity (Wildman–Crippen MR) is 111 cm³/mol. The van der Waals surface area contributed by atoms with Crippen LogP contribution in [0.4, 0.5) is 5.69 Å². The van der Waals surface area contributed by atoms with Gasteiger partial charge >= 0.3 is 0 Å². The second-order valence-corrected chi connectivity index (χ2v) is 10.6. The lowest BCUT2D eigenvalue weighted by molar-refractivity contribution is -0.387. The number of nitro groups is 1. The molecule has 4 atom stereocenters. The Morgan fingerprint density at radius 2 is 1.90 bits per heavy atom. The molecule has 0 spiro atoms. The number of benzene rings is 1. The van der Waals surface area contributed by atoms with Gasteiger partial charge in [-0.2, -0.15) is 4.31 Å². The molecular formula is C21H31N3O4S. The third-order valence-electron chi connectivity index (χ3n) is 7.13. The Balaban J connectivity index is 1.75. The predicted octanol–water partition coefficient (Wildman–Crippen LogP) is 3.65. The molecule has 0 aliphatic carbocycles. The van der Waals surface area contributed by atoms with Crippen LogP contribution in [0.1, 0.15) is 51.9 Å². The van der Waals surface area contributed by atoms with Gasteiger partial charge in [0.05, 0.1) is 4.92 Å². The number of sulfonamides is 1. The molecule has 0 aromatic heterocycles. The van der Waals surface area contributed by atoms with Crippen LogP contribution in [0.2, 0.25) is 0 Å². The Bertz CT molecular complexity index is 857. The van der Waals surface area contributed by atoms with E-state index >= 15 is 0 Å². The Morgan fingerprint density at radius 3 is 2.62 bits per heavy atom. The molecule has 7 nitrogen and oxygen atoms in total. The minimum Gasteiger partial charge on any atom is -0.300 e. The van der Waals surface area contributed by atoms with Gasteiger partial charge in [0.25, 0.3) is 5.69 Å². The average Bonchev–Trinajstić information content (AvgIpc) is 2.73. The fourth-order valence-electron chi connectivity index (χ4n) is 5.96. The molecule has 3 aliphatic heterocycles. The summed E-state index contributed by atoms with van der Waals surface area (Å²) in [5.74, 6) is 0.649. The van der Waals surface area contributed by atoms with Crippen molar-refractivity contribution in [2.75, 3.05) is 19.6 Å². The molecule has 3 aliphatic rings. The van der Waals surface area contributed by atoms with E-state index in [1.807, 2.05) is 0 Å². The highest BCUT2D eigenvalue weighted by atomic mass is 32.2. The van der Waals surface area contributed by atoms with E-state index in [9.17, 15) is 18.5 Å². The van der Waals surface area contributed by atoms with Gasteiger partial charge in [-0.25, -0.2) is 8.42 Å². The van der Waals surface area contributed by atoms with Crippen molar-refractivity contribution in [1.29, 1.82) is 0 Å². The highest BCUT2D eigenvalue weighted by molar-refractivity contribution is 7.89. The van der Waals surface area contributed by atoms with Crippen LogP contribution in [0.5, 0.6) is 0 Å². The van der Waals surface area contributed by atoms with Crippen LogP contribution in [0.15, 0.2) is 29.2 Å². The first-order valence-corrected chi connectivity index (χ1v) is 12.4. The molecule has 1 aromatic carbocycles. The molecule has 3 saturated heterocycles. The van der Waals surface area contributed by atoms with Crippen LogP contribution in [0, 0.1) is 22.0 Å². The SMILES string of the molecule is CCCC[C@@H]1[C@H]2CCCN3CCC[C@@H](CN1S(=O)(=O)c1ccccc1[N+](=O)[O-])[C@@H]23. The van der Waals surface area contributed by atoms with E-state index in [4.69, 9.17) is 0 Å². The van der Waals surface area contributed by atoms with E-state index in [0.717, 1.165) is 58.0 Å². The lowest BCUT2D eigenvalue weighted by Gasteiger charge is -2.57. The number of piperidine rings is 3. The first kappa shape index (κ1) is 20.8. The molecule has 0 bridgehead atoms. The number of nitro benzene ring substituents is 1. The largest absolute Gasteiger partial charge is 0.300 e. The lowest BCUT2D eigenvalue weighted by atomic mass is 9.70. The van der Waals surface area contributed by atoms with Gasteiger partial charge in [0.15, 0.2) is 4.90 Å². The first-order chi connectivity index (χ1) is 13.9. The Hall–Kier alpha value is -1.51. The maximum atomic E-state index is 13.7. The van der Waals surface area contributed by atoms with Crippen LogP contribution in [-0.4, -0.2) is 54.3 Å². The van der Waals surface area contributed by atoms with Gasteiger partial charge in [-0.3, -0.25) is 15.0 Å². The maximum absolute atomic E-state index is 13.7. The Kier molecular flexibility index (Phi) is 5.95. The Labute approximate surface area is 173 Å². The van der Waals surface area contributed by atoms with E-state index in [0.29, 0.717) is 24.4 Å². The Morgan fingerprint density at radius 1 is 1.17 bits per heavy atom. The van der Waals surface area contributed by atoms with E-state index in [1.54, 1.807) is 10.4 Å². The zero-order valence-corrected chi connectivity index (χ0v) is 17.9. The van der Waals surface area contributed by atoms with Crippen LogP contribution >= 0.6 is 0 Å². The molecule has 0 unspecified atom stereocenters. The minimum atomic E-state index is -3.93. The van der Waals surface area contributed by atoms with Crippen molar-refractivity contribution in [3.05, 3.63) is 34.4 Å². The van der Waals surface area contributed by atoms with Crippen LogP contribution < -0.4 is 0 Å². The minimum absolute atomic E-state index is 0.0677. The second-order valence-electron chi connectivity index (χ2n) is 8.74. The van der Waals surface area contributed by atoms with Gasteiger partial charge in [-0.05, 0) is 63.1 Å². The van der Waals surface area contributed by atoms with Gasteiger partial charge in [0.1, 0.15) is 0 Å². The van der Waals surface area contributed by atoms with Gasteiger partial charge in [-0.15, -0.1) is 0 Å². The first-order valence-electron chi connectivity index (χ1n) is 10.9. The zero-order chi connectivity index (χ0) is 20.6. The monoisotopic (exact) mass is 421 g/mol. The third-order valence-corrected chi connectivity index (χ3v) is 9.07. The van der Waals surface area contributed by atoms with E-state index < -0.39 is 14.9 Å². The molecule has 3 fully saturated rings. The van der Waals surface area contributed by atoms with Gasteiger partial charge in [-0.1, -0.05) is 31.9 Å². The number of hydrogen-bond donors (Lipinski definition) is 0. The number of rotatable bonds is 6. The smallest absolute Gasteiger partial charge is 0.289 e. The van der Waals surface area contributed by atoms with Crippen molar-refractivity contribution in [1.82, 2.24) is 9.21 Å². The van der Waals surface area contributed by atoms with Crippen LogP contribution in [0.3, 0.4) is 0 Å². The van der Waals surface area contributed by atoms with E-state index in [2.05, 4.69) is 11.8 Å². The summed E-state index contributed by atoms with van der Waals surface area (Å²) in [7, 11) is -3.93. The van der Waals surface area contributed by atoms with Crippen molar-refractivity contribution >= 4 is 15.7 Å². The molecule has 0 saturated carbocycles. The number of unbranched alkanes of at least 4 members (excludes halogenated alkanes) is 1. The summed E-state index contributed by atoms with van der Waals surface area (Å²) in [6, 6.07) is 6.20. The molecule has 0 radical (unpaired) electrons. The zero-order valence-electron chi connectivity index (χ0n) is 17.1. The molecule has 3 heterocycles. The third kappa shape index (κ3) is 3.70. The summed E-state index contributed by atoms with van der Waals surface area (Å²) < 4.78 is 29.1. The average molecular weight is 422 g/mol. The fourth-order valence-corrected chi connectivity index (χ4v) is 7.87. The molecule has 0 amide bonds. The normalized spacial score (nSPS) is 30.7. The number of para-hydroxylation sites is 1. The molecule has 1 aromatic rings. The topological polar surface area (TPSA) is 83.8 Å². The second kappa shape index (κ2) is 8.32. The fraction of sp³-hybridized carbons (Fsp3) is 0.714. The number of hydrogen-bond acceptors (Lipinski definition) is 5. The van der Waals surface area contributed by atoms with Crippen molar-refractivity contribution in [3.63, 3.8) is 0 Å². The summed E-state index contributed by atoms with van der Waals surface area (Å²) in [5, 5.41) is 11.5. The lowest BCUT2D eigenvalue weighted by Crippen LogP contribution is -2.65. The van der Waals surface area contributed by atoms with Crippen molar-refractivity contribution in [2.24, 2.45) is 11.8 Å². The van der Waals surface area contributed by atoms with Gasteiger partial charge in [0, 0.05) is 24.7 Å². The molecular weight excluding hydrogens is 390 g/mol. The summed E-state index contributed by atoms with van der Waals surface area (Å²) >= 11 is 0. The molecule has 4 rings (SSSR count). The summed E-state index contributed by atoms with van der Waals surface area (Å²) in [5.41, 5.74) is -0.322. The van der Waals surface area contributed by atoms with Crippen molar-refractivity contribution in [2.45, 2.75) is 68.8 Å². The van der Waals surface area contributed by atoms with E-state index in [-0.39, 0.29) is 16.6 Å². The van der Waals surface area contributed by atoms with Crippen LogP contribution in [-0.2, 0) is 10.0 Å².